The van der Waals surface area contributed by atoms with E-state index in [2.05, 4.69) is 17.4 Å². The fraction of sp³-hybridized carbons (Fsp3) is 0.346. The molecule has 4 rings (SSSR count). The van der Waals surface area contributed by atoms with E-state index in [0.717, 1.165) is 48.1 Å². The molecule has 0 radical (unpaired) electrons. The minimum atomic E-state index is -0.693. The first-order valence-corrected chi connectivity index (χ1v) is 11.2. The Morgan fingerprint density at radius 1 is 1.06 bits per heavy atom. The second-order valence-corrected chi connectivity index (χ2v) is 8.27. The zero-order valence-electron chi connectivity index (χ0n) is 18.9. The van der Waals surface area contributed by atoms with Crippen LogP contribution in [0, 0.1) is 6.92 Å². The zero-order valence-corrected chi connectivity index (χ0v) is 18.9. The average Bonchev–Trinajstić information content (AvgIpc) is 2.82. The molecule has 1 aromatic heterocycles. The van der Waals surface area contributed by atoms with Crippen molar-refractivity contribution < 1.29 is 9.53 Å². The molecule has 32 heavy (non-hydrogen) atoms. The fourth-order valence-electron chi connectivity index (χ4n) is 4.28. The van der Waals surface area contributed by atoms with Gasteiger partial charge in [-0.25, -0.2) is 4.68 Å². The topological polar surface area (TPSA) is 73.2 Å². The molecule has 0 fully saturated rings. The Morgan fingerprint density at radius 3 is 2.34 bits per heavy atom. The Kier molecular flexibility index (Phi) is 6.40. The van der Waals surface area contributed by atoms with Gasteiger partial charge in [-0.1, -0.05) is 36.8 Å². The standard InChI is InChI=1S/C26H29N3O3/c1-4-23(25(30)27-19-13-15-20(32-3)16-14-19)29-26(31)22-8-6-5-7-21(22)24(28-29)18-11-9-17(2)10-12-18/h9-16,23H,4-8H2,1-3H3,(H,27,30)/t23-/m0/s1. The molecule has 1 heterocycles. The van der Waals surface area contributed by atoms with Crippen molar-refractivity contribution in [3.8, 4) is 17.0 Å². The lowest BCUT2D eigenvalue weighted by atomic mass is 9.89. The van der Waals surface area contributed by atoms with E-state index in [4.69, 9.17) is 9.84 Å². The molecule has 1 N–H and O–H groups in total. The van der Waals surface area contributed by atoms with E-state index in [1.54, 1.807) is 31.4 Å². The Morgan fingerprint density at radius 2 is 1.72 bits per heavy atom. The molecular weight excluding hydrogens is 402 g/mol. The Hall–Kier alpha value is -3.41. The summed E-state index contributed by atoms with van der Waals surface area (Å²) in [6.45, 7) is 3.95. The van der Waals surface area contributed by atoms with Crippen LogP contribution in [0.15, 0.2) is 53.3 Å². The smallest absolute Gasteiger partial charge is 0.271 e. The van der Waals surface area contributed by atoms with E-state index in [0.29, 0.717) is 17.9 Å². The number of ether oxygens (including phenoxy) is 1. The van der Waals surface area contributed by atoms with Crippen molar-refractivity contribution in [2.24, 2.45) is 0 Å². The first-order valence-electron chi connectivity index (χ1n) is 11.2. The lowest BCUT2D eigenvalue weighted by Crippen LogP contribution is -2.38. The number of fused-ring (bicyclic) bond motifs is 1. The van der Waals surface area contributed by atoms with Crippen LogP contribution < -0.4 is 15.6 Å². The van der Waals surface area contributed by atoms with Gasteiger partial charge >= 0.3 is 0 Å². The monoisotopic (exact) mass is 431 g/mol. The van der Waals surface area contributed by atoms with E-state index in [1.807, 2.05) is 26.0 Å². The predicted octanol–water partition coefficient (Wildman–Crippen LogP) is 4.70. The number of methoxy groups -OCH3 is 1. The number of rotatable bonds is 6. The summed E-state index contributed by atoms with van der Waals surface area (Å²) in [5.41, 5.74) is 5.31. The number of benzene rings is 2. The number of carbonyl (C=O) groups excluding carboxylic acids is 1. The van der Waals surface area contributed by atoms with Crippen LogP contribution in [0.1, 0.15) is 48.9 Å². The molecule has 0 unspecified atom stereocenters. The van der Waals surface area contributed by atoms with E-state index in [9.17, 15) is 9.59 Å². The van der Waals surface area contributed by atoms with Gasteiger partial charge < -0.3 is 10.1 Å². The number of aryl methyl sites for hydroxylation is 1. The largest absolute Gasteiger partial charge is 0.497 e. The van der Waals surface area contributed by atoms with E-state index in [-0.39, 0.29) is 11.5 Å². The number of hydrogen-bond donors (Lipinski definition) is 1. The molecule has 1 atom stereocenters. The molecule has 0 saturated carbocycles. The van der Waals surface area contributed by atoms with Crippen LogP contribution in [-0.2, 0) is 17.6 Å². The molecule has 6 nitrogen and oxygen atoms in total. The van der Waals surface area contributed by atoms with Crippen LogP contribution >= 0.6 is 0 Å². The summed E-state index contributed by atoms with van der Waals surface area (Å²) in [6.07, 6.45) is 4.06. The van der Waals surface area contributed by atoms with Gasteiger partial charge in [-0.2, -0.15) is 5.10 Å². The molecule has 1 aliphatic carbocycles. The van der Waals surface area contributed by atoms with Crippen molar-refractivity contribution in [1.82, 2.24) is 9.78 Å². The number of carbonyl (C=O) groups is 1. The summed E-state index contributed by atoms with van der Waals surface area (Å²) in [5, 5.41) is 7.69. The lowest BCUT2D eigenvalue weighted by molar-refractivity contribution is -0.119. The summed E-state index contributed by atoms with van der Waals surface area (Å²) in [4.78, 5) is 26.6. The highest BCUT2D eigenvalue weighted by molar-refractivity contribution is 5.93. The third kappa shape index (κ3) is 4.31. The molecule has 0 saturated heterocycles. The van der Waals surface area contributed by atoms with Gasteiger partial charge in [0.05, 0.1) is 12.8 Å². The van der Waals surface area contributed by atoms with Crippen LogP contribution in [0.2, 0.25) is 0 Å². The van der Waals surface area contributed by atoms with Crippen molar-refractivity contribution in [2.45, 2.75) is 52.0 Å². The minimum absolute atomic E-state index is 0.146. The van der Waals surface area contributed by atoms with Crippen molar-refractivity contribution in [1.29, 1.82) is 0 Å². The molecule has 1 aliphatic rings. The van der Waals surface area contributed by atoms with Crippen molar-refractivity contribution in [3.05, 3.63) is 75.6 Å². The third-order valence-corrected chi connectivity index (χ3v) is 6.09. The van der Waals surface area contributed by atoms with Gasteiger partial charge in [0.1, 0.15) is 11.8 Å². The Balaban J connectivity index is 1.74. The summed E-state index contributed by atoms with van der Waals surface area (Å²) >= 11 is 0. The van der Waals surface area contributed by atoms with Crippen LogP contribution in [-0.4, -0.2) is 22.8 Å². The van der Waals surface area contributed by atoms with Crippen molar-refractivity contribution in [2.75, 3.05) is 12.4 Å². The maximum Gasteiger partial charge on any atom is 0.271 e. The normalized spacial score (nSPS) is 13.8. The fourth-order valence-corrected chi connectivity index (χ4v) is 4.28. The number of hydrogen-bond acceptors (Lipinski definition) is 4. The molecule has 0 spiro atoms. The summed E-state index contributed by atoms with van der Waals surface area (Å²) < 4.78 is 6.58. The SMILES string of the molecule is CC[C@@H](C(=O)Nc1ccc(OC)cc1)n1nc(-c2ccc(C)cc2)c2c(c1=O)CCCC2. The summed E-state index contributed by atoms with van der Waals surface area (Å²) in [6, 6.07) is 14.6. The second kappa shape index (κ2) is 9.39. The zero-order chi connectivity index (χ0) is 22.7. The highest BCUT2D eigenvalue weighted by atomic mass is 16.5. The number of nitrogens with zero attached hydrogens (tertiary/aromatic N) is 2. The molecule has 0 aliphatic heterocycles. The van der Waals surface area contributed by atoms with Gasteiger partial charge in [0.15, 0.2) is 0 Å². The van der Waals surface area contributed by atoms with E-state index < -0.39 is 6.04 Å². The van der Waals surface area contributed by atoms with Crippen LogP contribution in [0.4, 0.5) is 5.69 Å². The first kappa shape index (κ1) is 21.8. The first-order chi connectivity index (χ1) is 15.5. The Labute approximate surface area is 188 Å². The van der Waals surface area contributed by atoms with Crippen molar-refractivity contribution >= 4 is 11.6 Å². The Bertz CT molecular complexity index is 1160. The number of nitrogens with one attached hydrogen (secondary N) is 1. The molecular formula is C26H29N3O3. The van der Waals surface area contributed by atoms with Crippen LogP contribution in [0.3, 0.4) is 0 Å². The number of amides is 1. The third-order valence-electron chi connectivity index (χ3n) is 6.09. The van der Waals surface area contributed by atoms with Gasteiger partial charge in [0.2, 0.25) is 5.91 Å². The van der Waals surface area contributed by atoms with E-state index in [1.165, 1.54) is 10.2 Å². The van der Waals surface area contributed by atoms with Gasteiger partial charge in [-0.15, -0.1) is 0 Å². The highest BCUT2D eigenvalue weighted by Gasteiger charge is 2.27. The summed E-state index contributed by atoms with van der Waals surface area (Å²) in [5.74, 6) is 0.461. The second-order valence-electron chi connectivity index (χ2n) is 8.27. The molecule has 0 bridgehead atoms. The lowest BCUT2D eigenvalue weighted by Gasteiger charge is -2.24. The maximum atomic E-state index is 13.4. The van der Waals surface area contributed by atoms with Crippen LogP contribution in [0.25, 0.3) is 11.3 Å². The van der Waals surface area contributed by atoms with Gasteiger partial charge in [0, 0.05) is 16.8 Å². The predicted molar refractivity (Wildman–Crippen MR) is 126 cm³/mol. The maximum absolute atomic E-state index is 13.4. The van der Waals surface area contributed by atoms with E-state index >= 15 is 0 Å². The number of anilines is 1. The molecule has 166 valence electrons. The molecule has 6 heteroatoms. The molecule has 2 aromatic carbocycles. The molecule has 1 amide bonds. The number of aromatic nitrogens is 2. The average molecular weight is 432 g/mol. The minimum Gasteiger partial charge on any atom is -0.497 e. The highest BCUT2D eigenvalue weighted by Crippen LogP contribution is 2.29. The summed E-state index contributed by atoms with van der Waals surface area (Å²) in [7, 11) is 1.60. The van der Waals surface area contributed by atoms with Gasteiger partial charge in [-0.05, 0) is 68.9 Å². The molecule has 3 aromatic rings. The quantitative estimate of drug-likeness (QED) is 0.614. The van der Waals surface area contributed by atoms with Crippen LogP contribution in [0.5, 0.6) is 5.75 Å². The van der Waals surface area contributed by atoms with Gasteiger partial charge in [0.25, 0.3) is 5.56 Å². The van der Waals surface area contributed by atoms with Crippen molar-refractivity contribution in [3.63, 3.8) is 0 Å². The van der Waals surface area contributed by atoms with Gasteiger partial charge in [-0.3, -0.25) is 9.59 Å².